The van der Waals surface area contributed by atoms with Gasteiger partial charge in [-0.3, -0.25) is 9.59 Å². The molecule has 1 amide bonds. The highest BCUT2D eigenvalue weighted by Crippen LogP contribution is 2.76. The van der Waals surface area contributed by atoms with Gasteiger partial charge in [-0.05, 0) is 152 Å². The topological polar surface area (TPSA) is 712 Å². The predicted molar refractivity (Wildman–Crippen MR) is 488 cm³/mol. The van der Waals surface area contributed by atoms with E-state index in [-0.39, 0.29) is 61.5 Å². The highest BCUT2D eigenvalue weighted by Gasteiger charge is 2.74. The van der Waals surface area contributed by atoms with Crippen molar-refractivity contribution in [3.8, 4) is 0 Å². The van der Waals surface area contributed by atoms with Gasteiger partial charge in [0.2, 0.25) is 12.2 Å². The molecule has 46 nitrogen and oxygen atoms in total. The normalized spacial score (nSPS) is 47.9. The molecule has 12 fully saturated rings. The number of hydrogen-bond donors (Lipinski definition) is 24. The fourth-order valence-electron chi connectivity index (χ4n) is 24.6. The van der Waals surface area contributed by atoms with Crippen molar-refractivity contribution in [2.24, 2.45) is 50.2 Å². The Morgan fingerprint density at radius 3 is 1.64 bits per heavy atom. The number of rotatable bonds is 34. The fraction of sp³-hybridized carbons (Fsp3) is 0.857. The van der Waals surface area contributed by atoms with Crippen molar-refractivity contribution in [2.45, 2.75) is 437 Å². The molecule has 8 saturated heterocycles. The Morgan fingerprint density at radius 1 is 0.486 bits per heavy atom. The zero-order valence-electron chi connectivity index (χ0n) is 83.7. The third kappa shape index (κ3) is 22.6. The first-order valence-corrected chi connectivity index (χ1v) is 49.8. The van der Waals surface area contributed by atoms with Crippen molar-refractivity contribution in [2.75, 3.05) is 39.6 Å². The Balaban J connectivity index is 0.787. The van der Waals surface area contributed by atoms with Crippen LogP contribution in [0.2, 0.25) is 0 Å². The molecule has 144 heavy (non-hydrogen) atoms. The summed E-state index contributed by atoms with van der Waals surface area (Å²) in [5, 5.41) is 262. The number of ether oxygens (including phenoxy) is 18. The number of esters is 3. The average molecular weight is 2070 g/mol. The average Bonchev–Trinajstić information content (AvgIpc) is 0.691. The van der Waals surface area contributed by atoms with Crippen LogP contribution in [0.25, 0.3) is 0 Å². The van der Waals surface area contributed by atoms with E-state index in [0.717, 1.165) is 5.57 Å². The van der Waals surface area contributed by atoms with Gasteiger partial charge in [-0.2, -0.15) is 0 Å². The third-order valence-electron chi connectivity index (χ3n) is 33.9. The summed E-state index contributed by atoms with van der Waals surface area (Å²) in [6.07, 6.45) is -59.4. The lowest BCUT2D eigenvalue weighted by Crippen LogP contribution is -2.70. The molecule has 0 unspecified atom stereocenters. The number of nitrogens with one attached hydrogen (secondary N) is 1. The van der Waals surface area contributed by atoms with Gasteiger partial charge in [0.15, 0.2) is 56.2 Å². The number of carbonyl (C=O) groups is 4. The molecule has 5 aliphatic carbocycles. The Kier molecular flexibility index (Phi) is 36.9. The SMILES string of the molecule is C=C[C@](C)(O)CC/C=C(\C)C(=O)O[C@H]1[C@H](O)[C@@H](O)[C@H](O[C@@](C)(C=C)CC/C=C(\CO)C(=O)O[C@H]2C[C@]3(C(=O)O[C@@H]4O[C@H](CO)[C@@H](O)[C@H](O)[C@H]4O[C@@H]4O[C@@H](C)[C@H](O[C@@H]5O[C@@H](CO)[C@H](O)[C@H]5O)[C@@H](O[C@@H]5O[C@H](CO)[C@@H](O)[C@H](O)[C@H]5O)[C@H]4O)[C@H](O)C[C@]4(C)C(=CC[C@@H]5[C@@]6(C)CC[C@H](O[C@@H]7O[C@H](CO[C@@H]8O[C@H](C)[C@H](O)[C@H](O)[C@H]8O[C@@H]8OC[C@@H](O)[C@H](O)[C@H]8O)[C@@H](O)[C@H](O)[C@H]7NC(C)=O)C(C)(C)[C@@H]6CC[C@]54C)[C@@H]3CC2(C)C)O[C@@H]1C. The molecule has 0 bridgehead atoms. The van der Waals surface area contributed by atoms with Crippen LogP contribution in [0.1, 0.15) is 174 Å². The summed E-state index contributed by atoms with van der Waals surface area (Å²) in [5.74, 6) is -5.22. The predicted octanol–water partition coefficient (Wildman–Crippen LogP) is -4.89. The molecule has 0 aromatic heterocycles. The van der Waals surface area contributed by atoms with Crippen LogP contribution in [0.15, 0.2) is 60.3 Å². The molecule has 13 aliphatic rings. The molecule has 0 radical (unpaired) electrons. The minimum absolute atomic E-state index is 0.0300. The van der Waals surface area contributed by atoms with Crippen LogP contribution in [0, 0.1) is 50.2 Å². The molecule has 46 heteroatoms. The van der Waals surface area contributed by atoms with E-state index in [1.165, 1.54) is 52.8 Å². The van der Waals surface area contributed by atoms with Crippen molar-refractivity contribution >= 4 is 23.8 Å². The summed E-state index contributed by atoms with van der Waals surface area (Å²) >= 11 is 0. The first kappa shape index (κ1) is 116. The third-order valence-corrected chi connectivity index (χ3v) is 33.9. The number of aliphatic hydroxyl groups excluding tert-OH is 22. The van der Waals surface area contributed by atoms with Gasteiger partial charge in [0.05, 0.1) is 86.9 Å². The van der Waals surface area contributed by atoms with Gasteiger partial charge >= 0.3 is 17.9 Å². The Hall–Kier alpha value is -4.94. The van der Waals surface area contributed by atoms with E-state index in [9.17, 15) is 127 Å². The molecule has 8 heterocycles. The van der Waals surface area contributed by atoms with Crippen molar-refractivity contribution in [1.82, 2.24) is 5.32 Å². The van der Waals surface area contributed by atoms with Crippen molar-refractivity contribution < 1.29 is 222 Å². The standard InChI is InChI=1S/C98H155NO45/c1-17-93(12,126)27-19-21-40(3)80(123)138-75-42(5)131-87(73(121)69(75)117)144-94(13,18-2)28-20-22-45(34-100)81(124)136-57-33-98(90(125)143-89-79(68(116)62(110)50(36-102)134-89)142-86-74(122)77(140-85-72(120)66(114)61(109)49(35-101)132-85)76(43(6)130-86)139-84-71(119)63(111)51(37-103)133-84)47(31-91(57,8)9)46-23-24-54-95(14)29-26-56(92(10,11)53(95)25-30-96(54,15)97(46,16)32-55(98)106)137-82-58(99-44(7)104)65(113)64(112)52(135-82)39-128-88-78(67(115)59(107)41(4)129-88)141-83-70(118)60(108)48(105)38-127-83/h17-18,21-23,41-43,47-79,82-89,100-103,105-122,126H,1-2,19-20,24-39H2,3-16H3,(H,99,104)/b40-21+,45-22+/t41-,42-,43+,47+,48-,49-,50-,51+,52-,53+,54-,55-,56+,57+,58-,59+,60+,61-,62-,63+,64-,65-,66+,67+,68+,69-,70-,71-,72-,73-,74-,75-,76+,77+,78-,79-,82+,83+,84+,85+,86+,87+,88-,89+,93+,94+,95+,96-,97-,98-/m1/s1. The van der Waals surface area contributed by atoms with E-state index in [1.807, 2.05) is 6.92 Å². The molecule has 0 aromatic carbocycles. The quantitative estimate of drug-likeness (QED) is 0.00944. The molecule has 0 aromatic rings. The fourth-order valence-corrected chi connectivity index (χ4v) is 24.6. The first-order valence-electron chi connectivity index (χ1n) is 49.8. The number of aliphatic hydroxyl groups is 23. The largest absolute Gasteiger partial charge is 0.458 e. The summed E-state index contributed by atoms with van der Waals surface area (Å²) in [7, 11) is 0. The van der Waals surface area contributed by atoms with Gasteiger partial charge in [-0.25, -0.2) is 9.59 Å². The summed E-state index contributed by atoms with van der Waals surface area (Å²) in [4.78, 5) is 58.3. The van der Waals surface area contributed by atoms with E-state index in [2.05, 4.69) is 52.2 Å². The zero-order valence-corrected chi connectivity index (χ0v) is 83.7. The van der Waals surface area contributed by atoms with E-state index in [4.69, 9.17) is 85.3 Å². The highest BCUT2D eigenvalue weighted by atomic mass is 16.8. The Labute approximate surface area is 834 Å². The second-order valence-electron chi connectivity index (χ2n) is 44.1. The molecule has 8 aliphatic heterocycles. The number of hydrogen-bond acceptors (Lipinski definition) is 45. The maximum Gasteiger partial charge on any atom is 0.336 e. The molecule has 24 N–H and O–H groups in total. The number of fused-ring (bicyclic) bond motifs is 7. The van der Waals surface area contributed by atoms with Crippen LogP contribution in [-0.4, -0.2) is 444 Å². The van der Waals surface area contributed by atoms with Crippen LogP contribution >= 0.6 is 0 Å². The summed E-state index contributed by atoms with van der Waals surface area (Å²) in [6.45, 7) is 27.0. The van der Waals surface area contributed by atoms with E-state index in [0.29, 0.717) is 32.1 Å². The number of amides is 1. The number of carbonyl (C=O) groups excluding carboxylic acids is 4. The van der Waals surface area contributed by atoms with Crippen LogP contribution in [-0.2, 0) is 104 Å². The van der Waals surface area contributed by atoms with Crippen molar-refractivity contribution in [3.05, 3.63) is 60.3 Å². The molecule has 4 saturated carbocycles. The van der Waals surface area contributed by atoms with Gasteiger partial charge < -0.3 is 208 Å². The zero-order chi connectivity index (χ0) is 106. The van der Waals surface area contributed by atoms with Gasteiger partial charge in [-0.1, -0.05) is 84.4 Å². The van der Waals surface area contributed by atoms with Crippen LogP contribution in [0.3, 0.4) is 0 Å². The Morgan fingerprint density at radius 2 is 1.01 bits per heavy atom. The molecule has 822 valence electrons. The maximum absolute atomic E-state index is 16.9. The molecule has 0 spiro atoms. The molecular weight excluding hydrogens is 1910 g/mol. The van der Waals surface area contributed by atoms with E-state index in [1.54, 1.807) is 33.8 Å². The number of allylic oxidation sites excluding steroid dienone is 4. The summed E-state index contributed by atoms with van der Waals surface area (Å²) < 4.78 is 111. The smallest absolute Gasteiger partial charge is 0.336 e. The van der Waals surface area contributed by atoms with Crippen molar-refractivity contribution in [1.29, 1.82) is 0 Å². The van der Waals surface area contributed by atoms with E-state index < -0.39 is 371 Å². The monoisotopic (exact) mass is 2070 g/mol. The minimum Gasteiger partial charge on any atom is -0.458 e. The minimum atomic E-state index is -2.29. The Bertz CT molecular complexity index is 4470. The summed E-state index contributed by atoms with van der Waals surface area (Å²) in [6, 6.07) is -1.38. The first-order chi connectivity index (χ1) is 67.4. The van der Waals surface area contributed by atoms with Crippen LogP contribution < -0.4 is 5.32 Å². The summed E-state index contributed by atoms with van der Waals surface area (Å²) in [5.41, 5.74) is -8.61. The van der Waals surface area contributed by atoms with Gasteiger partial charge in [0.1, 0.15) is 164 Å². The lowest BCUT2D eigenvalue weighted by molar-refractivity contribution is -0.390. The van der Waals surface area contributed by atoms with Crippen LogP contribution in [0.5, 0.6) is 0 Å². The second-order valence-corrected chi connectivity index (χ2v) is 44.1. The second kappa shape index (κ2) is 45.8. The van der Waals surface area contributed by atoms with Gasteiger partial charge in [0, 0.05) is 24.3 Å². The molecule has 50 atom stereocenters. The van der Waals surface area contributed by atoms with Gasteiger partial charge in [-0.15, -0.1) is 13.2 Å². The van der Waals surface area contributed by atoms with Crippen molar-refractivity contribution in [3.63, 3.8) is 0 Å². The lowest BCUT2D eigenvalue weighted by atomic mass is 9.33. The lowest BCUT2D eigenvalue weighted by Gasteiger charge is -2.72. The van der Waals surface area contributed by atoms with Gasteiger partial charge in [0.25, 0.3) is 0 Å². The highest BCUT2D eigenvalue weighted by molar-refractivity contribution is 5.89. The van der Waals surface area contributed by atoms with E-state index >= 15 is 9.59 Å². The molecular formula is C98H155NO45. The maximum atomic E-state index is 16.9. The molecule has 13 rings (SSSR count). The van der Waals surface area contributed by atoms with Crippen LogP contribution in [0.4, 0.5) is 0 Å².